The fourth-order valence-corrected chi connectivity index (χ4v) is 2.82. The van der Waals surface area contributed by atoms with Crippen molar-refractivity contribution < 1.29 is 9.84 Å². The maximum absolute atomic E-state index is 9.76. The van der Waals surface area contributed by atoms with Gasteiger partial charge in [-0.05, 0) is 24.1 Å². The molecule has 2 rings (SSSR count). The van der Waals surface area contributed by atoms with E-state index in [9.17, 15) is 5.11 Å². The van der Waals surface area contributed by atoms with Gasteiger partial charge < -0.3 is 9.84 Å². The fraction of sp³-hybridized carbons (Fsp3) is 0.471. The van der Waals surface area contributed by atoms with Crippen LogP contribution in [-0.4, -0.2) is 10.1 Å². The van der Waals surface area contributed by atoms with Gasteiger partial charge in [-0.25, -0.2) is 4.98 Å². The van der Waals surface area contributed by atoms with Crippen LogP contribution in [0.25, 0.3) is 0 Å². The lowest BCUT2D eigenvalue weighted by atomic mass is 9.93. The van der Waals surface area contributed by atoms with Crippen molar-refractivity contribution in [3.05, 3.63) is 45.9 Å². The van der Waals surface area contributed by atoms with Crippen LogP contribution in [0.4, 0.5) is 0 Å². The SMILES string of the molecule is CC[C@@H](O)c1ccc(OCc2nc(C(C)(C)C)cs2)cc1. The highest BCUT2D eigenvalue weighted by molar-refractivity contribution is 7.09. The first kappa shape index (κ1) is 16.0. The predicted octanol–water partition coefficient (Wildman–Crippen LogP) is 4.46. The van der Waals surface area contributed by atoms with Crippen LogP contribution >= 0.6 is 11.3 Å². The van der Waals surface area contributed by atoms with Gasteiger partial charge in [-0.2, -0.15) is 0 Å². The molecule has 0 unspecified atom stereocenters. The summed E-state index contributed by atoms with van der Waals surface area (Å²) in [6.07, 6.45) is 0.321. The van der Waals surface area contributed by atoms with E-state index in [1.54, 1.807) is 11.3 Å². The fourth-order valence-electron chi connectivity index (χ4n) is 1.89. The number of benzene rings is 1. The summed E-state index contributed by atoms with van der Waals surface area (Å²) in [5.41, 5.74) is 2.11. The molecule has 0 bridgehead atoms. The van der Waals surface area contributed by atoms with Gasteiger partial charge in [0.15, 0.2) is 0 Å². The van der Waals surface area contributed by atoms with Crippen LogP contribution in [0, 0.1) is 0 Å². The number of rotatable bonds is 5. The summed E-state index contributed by atoms with van der Waals surface area (Å²) in [4.78, 5) is 4.61. The Balaban J connectivity index is 1.95. The number of hydrogen-bond donors (Lipinski definition) is 1. The Hall–Kier alpha value is -1.39. The van der Waals surface area contributed by atoms with Gasteiger partial charge in [0.05, 0.1) is 11.8 Å². The zero-order valence-corrected chi connectivity index (χ0v) is 13.9. The smallest absolute Gasteiger partial charge is 0.140 e. The molecule has 0 aliphatic carbocycles. The van der Waals surface area contributed by atoms with E-state index in [2.05, 4.69) is 31.1 Å². The Bertz CT molecular complexity index is 569. The Labute approximate surface area is 130 Å². The van der Waals surface area contributed by atoms with Gasteiger partial charge in [0.1, 0.15) is 17.4 Å². The molecule has 1 N–H and O–H groups in total. The summed E-state index contributed by atoms with van der Waals surface area (Å²) in [6, 6.07) is 7.61. The molecule has 0 aliphatic heterocycles. The molecule has 0 spiro atoms. The molecule has 3 nitrogen and oxygen atoms in total. The van der Waals surface area contributed by atoms with Crippen LogP contribution in [-0.2, 0) is 12.0 Å². The van der Waals surface area contributed by atoms with Gasteiger partial charge in [0.2, 0.25) is 0 Å². The molecule has 0 saturated heterocycles. The van der Waals surface area contributed by atoms with Gasteiger partial charge in [0, 0.05) is 10.8 Å². The summed E-state index contributed by atoms with van der Waals surface area (Å²) in [5.74, 6) is 0.801. The van der Waals surface area contributed by atoms with Crippen molar-refractivity contribution in [3.63, 3.8) is 0 Å². The summed E-state index contributed by atoms with van der Waals surface area (Å²) in [6.45, 7) is 8.92. The normalized spacial score (nSPS) is 13.2. The molecule has 1 atom stereocenters. The van der Waals surface area contributed by atoms with Crippen molar-refractivity contribution in [2.24, 2.45) is 0 Å². The largest absolute Gasteiger partial charge is 0.486 e. The minimum atomic E-state index is -0.396. The molecule has 0 fully saturated rings. The third-order valence-corrected chi connectivity index (χ3v) is 4.16. The van der Waals surface area contributed by atoms with Crippen LogP contribution in [0.2, 0.25) is 0 Å². The van der Waals surface area contributed by atoms with Crippen LogP contribution in [0.1, 0.15) is 56.5 Å². The minimum Gasteiger partial charge on any atom is -0.486 e. The monoisotopic (exact) mass is 305 g/mol. The molecular weight excluding hydrogens is 282 g/mol. The lowest BCUT2D eigenvalue weighted by molar-refractivity contribution is 0.173. The van der Waals surface area contributed by atoms with Crippen molar-refractivity contribution in [1.29, 1.82) is 0 Å². The highest BCUT2D eigenvalue weighted by Gasteiger charge is 2.17. The van der Waals surface area contributed by atoms with E-state index in [1.807, 2.05) is 31.2 Å². The maximum atomic E-state index is 9.76. The lowest BCUT2D eigenvalue weighted by Crippen LogP contribution is -2.11. The Morgan fingerprint density at radius 2 is 1.90 bits per heavy atom. The van der Waals surface area contributed by atoms with Gasteiger partial charge in [0.25, 0.3) is 0 Å². The number of nitrogens with zero attached hydrogens (tertiary/aromatic N) is 1. The molecule has 2 aromatic rings. The average Bonchev–Trinajstić information content (AvgIpc) is 2.94. The second-order valence-electron chi connectivity index (χ2n) is 6.16. The molecule has 0 saturated carbocycles. The van der Waals surface area contributed by atoms with E-state index in [1.165, 1.54) is 0 Å². The Morgan fingerprint density at radius 1 is 1.24 bits per heavy atom. The second-order valence-corrected chi connectivity index (χ2v) is 7.10. The molecular formula is C17H23NO2S. The number of aliphatic hydroxyl groups excluding tert-OH is 1. The molecule has 4 heteroatoms. The molecule has 21 heavy (non-hydrogen) atoms. The number of thiazole rings is 1. The van der Waals surface area contributed by atoms with Crippen LogP contribution in [0.15, 0.2) is 29.6 Å². The van der Waals surface area contributed by atoms with Crippen LogP contribution in [0.5, 0.6) is 5.75 Å². The lowest BCUT2D eigenvalue weighted by Gasteiger charge is -2.14. The van der Waals surface area contributed by atoms with Crippen molar-refractivity contribution in [2.75, 3.05) is 0 Å². The Kier molecular flexibility index (Phi) is 5.01. The van der Waals surface area contributed by atoms with Gasteiger partial charge in [-0.1, -0.05) is 39.8 Å². The summed E-state index contributed by atoms with van der Waals surface area (Å²) in [5, 5.41) is 12.8. The van der Waals surface area contributed by atoms with Gasteiger partial charge >= 0.3 is 0 Å². The highest BCUT2D eigenvalue weighted by atomic mass is 32.1. The topological polar surface area (TPSA) is 42.4 Å². The molecule has 114 valence electrons. The van der Waals surface area contributed by atoms with E-state index in [0.29, 0.717) is 6.61 Å². The van der Waals surface area contributed by atoms with E-state index in [4.69, 9.17) is 4.74 Å². The summed E-state index contributed by atoms with van der Waals surface area (Å²) in [7, 11) is 0. The Morgan fingerprint density at radius 3 is 2.43 bits per heavy atom. The highest BCUT2D eigenvalue weighted by Crippen LogP contribution is 2.25. The molecule has 0 aliphatic rings. The van der Waals surface area contributed by atoms with E-state index in [-0.39, 0.29) is 5.41 Å². The van der Waals surface area contributed by atoms with Crippen LogP contribution < -0.4 is 4.74 Å². The first-order valence-corrected chi connectivity index (χ1v) is 8.14. The number of hydrogen-bond acceptors (Lipinski definition) is 4. The molecule has 1 aromatic heterocycles. The number of aromatic nitrogens is 1. The first-order chi connectivity index (χ1) is 9.90. The molecule has 0 amide bonds. The number of aliphatic hydroxyl groups is 1. The summed E-state index contributed by atoms with van der Waals surface area (Å²) < 4.78 is 5.75. The van der Waals surface area contributed by atoms with Crippen molar-refractivity contribution in [3.8, 4) is 5.75 Å². The van der Waals surface area contributed by atoms with Gasteiger partial charge in [-0.3, -0.25) is 0 Å². The minimum absolute atomic E-state index is 0.0761. The second kappa shape index (κ2) is 6.58. The first-order valence-electron chi connectivity index (χ1n) is 7.26. The maximum Gasteiger partial charge on any atom is 0.140 e. The third kappa shape index (κ3) is 4.29. The van der Waals surface area contributed by atoms with Crippen molar-refractivity contribution in [1.82, 2.24) is 4.98 Å². The molecule has 1 aromatic carbocycles. The zero-order chi connectivity index (χ0) is 15.5. The predicted molar refractivity (Wildman–Crippen MR) is 86.8 cm³/mol. The molecule has 1 heterocycles. The van der Waals surface area contributed by atoms with E-state index in [0.717, 1.165) is 28.4 Å². The standard InChI is InChI=1S/C17H23NO2S/c1-5-14(19)12-6-8-13(9-7-12)20-10-16-18-15(11-21-16)17(2,3)4/h6-9,11,14,19H,5,10H2,1-4H3/t14-/m1/s1. The quantitative estimate of drug-likeness (QED) is 0.886. The third-order valence-electron chi connectivity index (χ3n) is 3.33. The molecule has 0 radical (unpaired) electrons. The van der Waals surface area contributed by atoms with Crippen LogP contribution in [0.3, 0.4) is 0 Å². The average molecular weight is 305 g/mol. The number of ether oxygens (including phenoxy) is 1. The van der Waals surface area contributed by atoms with Gasteiger partial charge in [-0.15, -0.1) is 11.3 Å². The zero-order valence-electron chi connectivity index (χ0n) is 13.1. The van der Waals surface area contributed by atoms with Crippen molar-refractivity contribution in [2.45, 2.75) is 52.2 Å². The van der Waals surface area contributed by atoms with E-state index >= 15 is 0 Å². The summed E-state index contributed by atoms with van der Waals surface area (Å²) >= 11 is 1.63. The van der Waals surface area contributed by atoms with E-state index < -0.39 is 6.10 Å². The van der Waals surface area contributed by atoms with Crippen molar-refractivity contribution >= 4 is 11.3 Å².